The van der Waals surface area contributed by atoms with Crippen molar-refractivity contribution in [1.29, 1.82) is 0 Å². The molecule has 3 aromatic rings. The van der Waals surface area contributed by atoms with Crippen molar-refractivity contribution in [2.24, 2.45) is 0 Å². The predicted molar refractivity (Wildman–Crippen MR) is 75.5 cm³/mol. The first kappa shape index (κ1) is 12.0. The van der Waals surface area contributed by atoms with Crippen LogP contribution in [0, 0.1) is 5.82 Å². The number of ether oxygens (including phenoxy) is 2. The lowest BCUT2D eigenvalue weighted by molar-refractivity contribution is 0.174. The molecule has 104 valence electrons. The highest BCUT2D eigenvalue weighted by Crippen LogP contribution is 2.35. The van der Waals surface area contributed by atoms with E-state index in [1.807, 2.05) is 18.2 Å². The van der Waals surface area contributed by atoms with E-state index < -0.39 is 0 Å². The van der Waals surface area contributed by atoms with Crippen molar-refractivity contribution in [3.8, 4) is 34.1 Å². The van der Waals surface area contributed by atoms with Gasteiger partial charge in [0.05, 0.1) is 5.69 Å². The Morgan fingerprint density at radius 3 is 2.57 bits per heavy atom. The van der Waals surface area contributed by atoms with E-state index >= 15 is 0 Å². The third kappa shape index (κ3) is 2.12. The molecule has 0 radical (unpaired) electrons. The lowest BCUT2D eigenvalue weighted by Crippen LogP contribution is -1.92. The van der Waals surface area contributed by atoms with E-state index in [4.69, 9.17) is 9.47 Å². The van der Waals surface area contributed by atoms with Gasteiger partial charge in [-0.3, -0.25) is 0 Å². The fraction of sp³-hybridized carbons (Fsp3) is 0.0625. The molecule has 21 heavy (non-hydrogen) atoms. The third-order valence-electron chi connectivity index (χ3n) is 3.36. The van der Waals surface area contributed by atoms with Crippen LogP contribution in [0.15, 0.2) is 48.7 Å². The number of nitrogens with one attached hydrogen (secondary N) is 1. The van der Waals surface area contributed by atoms with Gasteiger partial charge in [0.1, 0.15) is 11.6 Å². The molecule has 1 aliphatic heterocycles. The van der Waals surface area contributed by atoms with Crippen molar-refractivity contribution in [3.05, 3.63) is 54.5 Å². The van der Waals surface area contributed by atoms with Gasteiger partial charge in [-0.15, -0.1) is 0 Å². The Kier molecular flexibility index (Phi) is 2.64. The molecule has 0 fully saturated rings. The van der Waals surface area contributed by atoms with Crippen LogP contribution in [0.1, 0.15) is 0 Å². The molecule has 5 heteroatoms. The zero-order chi connectivity index (χ0) is 14.2. The molecule has 1 N–H and O–H groups in total. The molecule has 0 bridgehead atoms. The van der Waals surface area contributed by atoms with E-state index in [-0.39, 0.29) is 12.6 Å². The minimum absolute atomic E-state index is 0.248. The number of imidazole rings is 1. The number of aromatic nitrogens is 2. The summed E-state index contributed by atoms with van der Waals surface area (Å²) in [7, 11) is 0. The number of aromatic amines is 1. The van der Waals surface area contributed by atoms with Crippen LogP contribution in [0.4, 0.5) is 4.39 Å². The highest BCUT2D eigenvalue weighted by molar-refractivity contribution is 5.66. The number of fused-ring (bicyclic) bond motifs is 1. The summed E-state index contributed by atoms with van der Waals surface area (Å²) in [6.07, 6.45) is 1.80. The molecular weight excluding hydrogens is 271 g/mol. The fourth-order valence-corrected chi connectivity index (χ4v) is 2.28. The van der Waals surface area contributed by atoms with Gasteiger partial charge in [-0.2, -0.15) is 0 Å². The molecule has 4 nitrogen and oxygen atoms in total. The van der Waals surface area contributed by atoms with Crippen molar-refractivity contribution < 1.29 is 13.9 Å². The summed E-state index contributed by atoms with van der Waals surface area (Å²) in [6.45, 7) is 0.248. The monoisotopic (exact) mass is 282 g/mol. The summed E-state index contributed by atoms with van der Waals surface area (Å²) in [4.78, 5) is 7.66. The van der Waals surface area contributed by atoms with Gasteiger partial charge in [0, 0.05) is 17.3 Å². The Morgan fingerprint density at radius 1 is 0.952 bits per heavy atom. The summed E-state index contributed by atoms with van der Waals surface area (Å²) < 4.78 is 23.6. The number of nitrogens with zero attached hydrogens (tertiary/aromatic N) is 1. The lowest BCUT2D eigenvalue weighted by Gasteiger charge is -1.99. The molecule has 0 amide bonds. The Hall–Kier alpha value is -2.82. The van der Waals surface area contributed by atoms with E-state index in [1.54, 1.807) is 18.3 Å². The van der Waals surface area contributed by atoms with Gasteiger partial charge in [0.25, 0.3) is 0 Å². The van der Waals surface area contributed by atoms with Crippen LogP contribution in [-0.2, 0) is 0 Å². The van der Waals surface area contributed by atoms with Gasteiger partial charge >= 0.3 is 0 Å². The van der Waals surface area contributed by atoms with Gasteiger partial charge in [-0.1, -0.05) is 0 Å². The Balaban J connectivity index is 1.69. The Labute approximate surface area is 120 Å². The van der Waals surface area contributed by atoms with Crippen LogP contribution in [0.5, 0.6) is 11.5 Å². The van der Waals surface area contributed by atoms with Crippen molar-refractivity contribution in [1.82, 2.24) is 9.97 Å². The van der Waals surface area contributed by atoms with Crippen LogP contribution in [0.2, 0.25) is 0 Å². The van der Waals surface area contributed by atoms with Crippen molar-refractivity contribution in [2.75, 3.05) is 6.79 Å². The number of H-pyrrole nitrogens is 1. The first-order valence-corrected chi connectivity index (χ1v) is 6.51. The molecule has 2 aromatic carbocycles. The fourth-order valence-electron chi connectivity index (χ4n) is 2.28. The molecule has 1 aliphatic rings. The number of benzene rings is 2. The summed E-state index contributed by atoms with van der Waals surface area (Å²) in [5.41, 5.74) is 2.54. The van der Waals surface area contributed by atoms with Crippen molar-refractivity contribution in [2.45, 2.75) is 0 Å². The second-order valence-corrected chi connectivity index (χ2v) is 4.71. The zero-order valence-corrected chi connectivity index (χ0v) is 11.0. The minimum Gasteiger partial charge on any atom is -0.454 e. The lowest BCUT2D eigenvalue weighted by atomic mass is 10.1. The highest BCUT2D eigenvalue weighted by atomic mass is 19.1. The summed E-state index contributed by atoms with van der Waals surface area (Å²) >= 11 is 0. The van der Waals surface area contributed by atoms with Crippen LogP contribution in [-0.4, -0.2) is 16.8 Å². The van der Waals surface area contributed by atoms with Crippen LogP contribution < -0.4 is 9.47 Å². The minimum atomic E-state index is -0.259. The van der Waals surface area contributed by atoms with Gasteiger partial charge in [0.2, 0.25) is 6.79 Å². The largest absolute Gasteiger partial charge is 0.454 e. The molecule has 2 heterocycles. The van der Waals surface area contributed by atoms with Gasteiger partial charge < -0.3 is 14.5 Å². The normalized spacial score (nSPS) is 12.6. The molecular formula is C16H11FN2O2. The van der Waals surface area contributed by atoms with E-state index in [2.05, 4.69) is 9.97 Å². The molecule has 1 aromatic heterocycles. The topological polar surface area (TPSA) is 47.1 Å². The van der Waals surface area contributed by atoms with Gasteiger partial charge in [0.15, 0.2) is 11.5 Å². The first-order valence-electron chi connectivity index (χ1n) is 6.51. The van der Waals surface area contributed by atoms with Crippen LogP contribution in [0.3, 0.4) is 0 Å². The Bertz CT molecular complexity index is 796. The van der Waals surface area contributed by atoms with E-state index in [1.165, 1.54) is 12.1 Å². The summed E-state index contributed by atoms with van der Waals surface area (Å²) in [5, 5.41) is 0. The average Bonchev–Trinajstić information content (AvgIpc) is 3.16. The first-order chi connectivity index (χ1) is 10.3. The molecule has 0 saturated carbocycles. The third-order valence-corrected chi connectivity index (χ3v) is 3.36. The summed E-state index contributed by atoms with van der Waals surface area (Å²) in [5.74, 6) is 1.93. The molecule has 0 spiro atoms. The van der Waals surface area contributed by atoms with Crippen LogP contribution in [0.25, 0.3) is 22.6 Å². The van der Waals surface area contributed by atoms with Gasteiger partial charge in [-0.05, 0) is 42.5 Å². The van der Waals surface area contributed by atoms with E-state index in [0.29, 0.717) is 5.75 Å². The number of hydrogen-bond acceptors (Lipinski definition) is 3. The quantitative estimate of drug-likeness (QED) is 0.781. The summed E-state index contributed by atoms with van der Waals surface area (Å²) in [6, 6.07) is 11.9. The molecule has 0 saturated heterocycles. The number of rotatable bonds is 2. The van der Waals surface area contributed by atoms with Crippen molar-refractivity contribution in [3.63, 3.8) is 0 Å². The molecule has 0 unspecified atom stereocenters. The van der Waals surface area contributed by atoms with E-state index in [9.17, 15) is 4.39 Å². The Morgan fingerprint density at radius 2 is 1.71 bits per heavy atom. The van der Waals surface area contributed by atoms with Crippen molar-refractivity contribution >= 4 is 0 Å². The maximum atomic E-state index is 12.9. The smallest absolute Gasteiger partial charge is 0.231 e. The molecule has 0 atom stereocenters. The second kappa shape index (κ2) is 4.63. The predicted octanol–water partition coefficient (Wildman–Crippen LogP) is 3.61. The maximum Gasteiger partial charge on any atom is 0.231 e. The molecule has 4 rings (SSSR count). The number of hydrogen-bond donors (Lipinski definition) is 1. The standard InChI is InChI=1S/C16H11FN2O2/c17-12-4-1-10(2-5-12)13-8-18-16(19-13)11-3-6-14-15(7-11)21-9-20-14/h1-8H,9H2,(H,18,19). The van der Waals surface area contributed by atoms with Gasteiger partial charge in [-0.25, -0.2) is 9.37 Å². The zero-order valence-electron chi connectivity index (χ0n) is 11.0. The highest BCUT2D eigenvalue weighted by Gasteiger charge is 2.15. The average molecular weight is 282 g/mol. The second-order valence-electron chi connectivity index (χ2n) is 4.71. The maximum absolute atomic E-state index is 12.9. The number of halogens is 1. The molecule has 0 aliphatic carbocycles. The van der Waals surface area contributed by atoms with Crippen LogP contribution >= 0.6 is 0 Å². The van der Waals surface area contributed by atoms with E-state index in [0.717, 1.165) is 28.4 Å². The SMILES string of the molecule is Fc1ccc(-c2c[nH]c(-c3ccc4c(c3)OCO4)n2)cc1.